The number of nitrogens with one attached hydrogen (secondary N) is 1. The van der Waals surface area contributed by atoms with Crippen molar-refractivity contribution in [1.82, 2.24) is 5.32 Å². The van der Waals surface area contributed by atoms with Crippen LogP contribution in [0.2, 0.25) is 0 Å². The first-order valence-corrected chi connectivity index (χ1v) is 6.03. The molecule has 3 N–H and O–H groups in total. The van der Waals surface area contributed by atoms with Gasteiger partial charge in [0.05, 0.1) is 12.3 Å². The average Bonchev–Trinajstić information content (AvgIpc) is 2.35. The van der Waals surface area contributed by atoms with Gasteiger partial charge >= 0.3 is 5.97 Å². The molecule has 0 saturated heterocycles. The second-order valence-electron chi connectivity index (χ2n) is 3.40. The summed E-state index contributed by atoms with van der Waals surface area (Å²) in [6.07, 6.45) is -1.61. The topological polar surface area (TPSA) is 86.6 Å². The minimum atomic E-state index is -1.61. The average molecular weight is 273 g/mol. The maximum atomic E-state index is 12.6. The first-order chi connectivity index (χ1) is 8.49. The molecule has 0 aromatic heterocycles. The van der Waals surface area contributed by atoms with Crippen LogP contribution < -0.4 is 5.32 Å². The van der Waals surface area contributed by atoms with Gasteiger partial charge in [-0.15, -0.1) is 11.8 Å². The molecule has 0 aliphatic carbocycles. The number of carbonyl (C=O) groups excluding carboxylic acids is 1. The van der Waals surface area contributed by atoms with Crippen molar-refractivity contribution in [2.75, 3.05) is 12.3 Å². The Labute approximate surface area is 107 Å². The lowest BCUT2D eigenvalue weighted by Gasteiger charge is -2.07. The number of aliphatic carboxylic acids is 1. The number of hydrogen-bond donors (Lipinski definition) is 3. The Kier molecular flexibility index (Phi) is 5.60. The Bertz CT molecular complexity index is 424. The molecule has 0 aliphatic rings. The number of hydrogen-bond acceptors (Lipinski definition) is 4. The largest absolute Gasteiger partial charge is 0.479 e. The molecule has 1 amide bonds. The van der Waals surface area contributed by atoms with Crippen LogP contribution in [0.5, 0.6) is 0 Å². The summed E-state index contributed by atoms with van der Waals surface area (Å²) in [4.78, 5) is 22.3. The van der Waals surface area contributed by atoms with Crippen LogP contribution >= 0.6 is 11.8 Å². The molecule has 0 aliphatic heterocycles. The number of amides is 1. The van der Waals surface area contributed by atoms with Gasteiger partial charge in [0, 0.05) is 4.90 Å². The molecule has 18 heavy (non-hydrogen) atoms. The molecule has 0 heterocycles. The van der Waals surface area contributed by atoms with Gasteiger partial charge in [-0.3, -0.25) is 4.79 Å². The number of aliphatic hydroxyl groups excluding tert-OH is 1. The van der Waals surface area contributed by atoms with Gasteiger partial charge in [-0.05, 0) is 24.3 Å². The summed E-state index contributed by atoms with van der Waals surface area (Å²) in [6.45, 7) is -0.335. The molecule has 0 radical (unpaired) electrons. The normalized spacial score (nSPS) is 11.9. The standard InChI is InChI=1S/C11H12FNO4S/c12-7-1-3-8(4-2-7)18-6-10(15)13-5-9(14)11(16)17/h1-4,9,14H,5-6H2,(H,13,15)(H,16,17)/t9-/m0/s1. The number of thioether (sulfide) groups is 1. The van der Waals surface area contributed by atoms with Crippen molar-refractivity contribution in [3.05, 3.63) is 30.1 Å². The highest BCUT2D eigenvalue weighted by atomic mass is 32.2. The van der Waals surface area contributed by atoms with Crippen LogP contribution in [0.4, 0.5) is 4.39 Å². The van der Waals surface area contributed by atoms with Crippen LogP contribution in [0.1, 0.15) is 0 Å². The Morgan fingerprint density at radius 1 is 1.33 bits per heavy atom. The van der Waals surface area contributed by atoms with Crippen molar-refractivity contribution in [3.63, 3.8) is 0 Å². The van der Waals surface area contributed by atoms with Crippen LogP contribution in [-0.2, 0) is 9.59 Å². The van der Waals surface area contributed by atoms with Gasteiger partial charge in [0.1, 0.15) is 5.82 Å². The molecule has 0 bridgehead atoms. The van der Waals surface area contributed by atoms with Crippen molar-refractivity contribution < 1.29 is 24.2 Å². The van der Waals surface area contributed by atoms with Crippen molar-refractivity contribution >= 4 is 23.6 Å². The van der Waals surface area contributed by atoms with Crippen molar-refractivity contribution in [1.29, 1.82) is 0 Å². The maximum absolute atomic E-state index is 12.6. The number of carbonyl (C=O) groups is 2. The van der Waals surface area contributed by atoms with Gasteiger partial charge in [0.2, 0.25) is 5.91 Å². The molecule has 0 saturated carbocycles. The van der Waals surface area contributed by atoms with E-state index in [1.807, 2.05) is 0 Å². The molecule has 7 heteroatoms. The fourth-order valence-corrected chi connectivity index (χ4v) is 1.76. The summed E-state index contributed by atoms with van der Waals surface area (Å²) in [5.74, 6) is -2.07. The molecule has 0 unspecified atom stereocenters. The molecule has 5 nitrogen and oxygen atoms in total. The Morgan fingerprint density at radius 3 is 2.50 bits per heavy atom. The van der Waals surface area contributed by atoms with E-state index in [1.165, 1.54) is 23.9 Å². The van der Waals surface area contributed by atoms with Crippen LogP contribution in [0.3, 0.4) is 0 Å². The minimum absolute atomic E-state index is 0.0674. The van der Waals surface area contributed by atoms with Gasteiger partial charge in [0.15, 0.2) is 6.10 Å². The molecule has 98 valence electrons. The van der Waals surface area contributed by atoms with Crippen LogP contribution in [0, 0.1) is 5.82 Å². The molecular weight excluding hydrogens is 261 g/mol. The monoisotopic (exact) mass is 273 g/mol. The summed E-state index contributed by atoms with van der Waals surface area (Å²) in [5, 5.41) is 19.6. The van der Waals surface area contributed by atoms with E-state index >= 15 is 0 Å². The molecule has 0 fully saturated rings. The Balaban J connectivity index is 2.29. The number of benzene rings is 1. The summed E-state index contributed by atoms with van der Waals surface area (Å²) in [5.41, 5.74) is 0. The first-order valence-electron chi connectivity index (χ1n) is 5.05. The lowest BCUT2D eigenvalue weighted by Crippen LogP contribution is -2.37. The highest BCUT2D eigenvalue weighted by Crippen LogP contribution is 2.17. The quantitative estimate of drug-likeness (QED) is 0.656. The highest BCUT2D eigenvalue weighted by molar-refractivity contribution is 8.00. The van der Waals surface area contributed by atoms with Gasteiger partial charge in [0.25, 0.3) is 0 Å². The number of carboxylic acids is 1. The number of rotatable bonds is 6. The lowest BCUT2D eigenvalue weighted by molar-refractivity contribution is -0.146. The van der Waals surface area contributed by atoms with E-state index < -0.39 is 18.0 Å². The van der Waals surface area contributed by atoms with E-state index in [2.05, 4.69) is 5.32 Å². The third-order valence-electron chi connectivity index (χ3n) is 1.96. The molecular formula is C11H12FNO4S. The number of aliphatic hydroxyl groups is 1. The zero-order valence-corrected chi connectivity index (χ0v) is 10.1. The zero-order valence-electron chi connectivity index (χ0n) is 9.30. The van der Waals surface area contributed by atoms with Gasteiger partial charge < -0.3 is 15.5 Å². The van der Waals surface area contributed by atoms with Crippen LogP contribution in [0.15, 0.2) is 29.2 Å². The Morgan fingerprint density at radius 2 is 1.94 bits per heavy atom. The number of carboxylic acid groups (broad SMARTS) is 1. The lowest BCUT2D eigenvalue weighted by atomic mass is 10.3. The molecule has 1 aromatic rings. The van der Waals surface area contributed by atoms with Crippen molar-refractivity contribution in [2.45, 2.75) is 11.0 Å². The van der Waals surface area contributed by atoms with Crippen molar-refractivity contribution in [2.24, 2.45) is 0 Å². The summed E-state index contributed by atoms with van der Waals surface area (Å²) >= 11 is 1.19. The summed E-state index contributed by atoms with van der Waals surface area (Å²) in [7, 11) is 0. The summed E-state index contributed by atoms with van der Waals surface area (Å²) < 4.78 is 12.6. The van der Waals surface area contributed by atoms with Gasteiger partial charge in [-0.2, -0.15) is 0 Å². The van der Waals surface area contributed by atoms with E-state index in [0.717, 1.165) is 4.90 Å². The second kappa shape index (κ2) is 6.97. The fraction of sp³-hybridized carbons (Fsp3) is 0.273. The van der Waals surface area contributed by atoms with Gasteiger partial charge in [-0.1, -0.05) is 0 Å². The molecule has 1 atom stereocenters. The van der Waals surface area contributed by atoms with Crippen LogP contribution in [0.25, 0.3) is 0 Å². The number of halogens is 1. The zero-order chi connectivity index (χ0) is 13.5. The van der Waals surface area contributed by atoms with E-state index in [-0.39, 0.29) is 18.1 Å². The second-order valence-corrected chi connectivity index (χ2v) is 4.45. The molecule has 1 rings (SSSR count). The smallest absolute Gasteiger partial charge is 0.334 e. The highest BCUT2D eigenvalue weighted by Gasteiger charge is 2.13. The minimum Gasteiger partial charge on any atom is -0.479 e. The SMILES string of the molecule is O=C(CSc1ccc(F)cc1)NC[C@H](O)C(=O)O. The summed E-state index contributed by atoms with van der Waals surface area (Å²) in [6, 6.07) is 5.65. The van der Waals surface area contributed by atoms with E-state index in [4.69, 9.17) is 10.2 Å². The fourth-order valence-electron chi connectivity index (χ4n) is 1.03. The first kappa shape index (κ1) is 14.5. The third kappa shape index (κ3) is 5.15. The van der Waals surface area contributed by atoms with E-state index in [9.17, 15) is 14.0 Å². The van der Waals surface area contributed by atoms with Crippen LogP contribution in [-0.4, -0.2) is 40.5 Å². The Hall–Kier alpha value is -1.60. The maximum Gasteiger partial charge on any atom is 0.334 e. The predicted molar refractivity (Wildman–Crippen MR) is 63.8 cm³/mol. The third-order valence-corrected chi connectivity index (χ3v) is 2.97. The molecule has 0 spiro atoms. The van der Waals surface area contributed by atoms with E-state index in [1.54, 1.807) is 12.1 Å². The van der Waals surface area contributed by atoms with E-state index in [0.29, 0.717) is 0 Å². The van der Waals surface area contributed by atoms with Gasteiger partial charge in [-0.25, -0.2) is 9.18 Å². The van der Waals surface area contributed by atoms with Crippen molar-refractivity contribution in [3.8, 4) is 0 Å². The molecule has 1 aromatic carbocycles. The predicted octanol–water partition coefficient (Wildman–Crippen LogP) is 0.479.